The molecule has 0 radical (unpaired) electrons. The highest BCUT2D eigenvalue weighted by atomic mass is 16.4. The van der Waals surface area contributed by atoms with E-state index in [0.29, 0.717) is 5.76 Å². The first-order valence-electron chi connectivity index (χ1n) is 7.34. The van der Waals surface area contributed by atoms with Crippen LogP contribution in [0.25, 0.3) is 0 Å². The van der Waals surface area contributed by atoms with Crippen molar-refractivity contribution in [3.8, 4) is 0 Å². The van der Waals surface area contributed by atoms with E-state index >= 15 is 0 Å². The highest BCUT2D eigenvalue weighted by molar-refractivity contribution is 5.87. The Morgan fingerprint density at radius 1 is 1.43 bits per heavy atom. The summed E-state index contributed by atoms with van der Waals surface area (Å²) in [5, 5.41) is 15.3. The van der Waals surface area contributed by atoms with Crippen molar-refractivity contribution in [1.82, 2.24) is 10.6 Å². The van der Waals surface area contributed by atoms with Crippen molar-refractivity contribution < 1.29 is 19.1 Å². The van der Waals surface area contributed by atoms with E-state index < -0.39 is 12.1 Å². The van der Waals surface area contributed by atoms with Gasteiger partial charge in [-0.25, -0.2) is 0 Å². The lowest BCUT2D eigenvalue weighted by atomic mass is 9.97. The molecule has 1 fully saturated rings. The van der Waals surface area contributed by atoms with Crippen LogP contribution in [0.2, 0.25) is 0 Å². The van der Waals surface area contributed by atoms with Crippen LogP contribution in [0.3, 0.4) is 0 Å². The maximum Gasteiger partial charge on any atom is 0.242 e. The van der Waals surface area contributed by atoms with Gasteiger partial charge in [0.15, 0.2) is 0 Å². The SMILES string of the molecule is CC(=O)NC(C(=O)NCC(O)c1ccco1)C1CCCC1. The fourth-order valence-electron chi connectivity index (χ4n) is 2.80. The summed E-state index contributed by atoms with van der Waals surface area (Å²) in [6, 6.07) is 2.81. The second-order valence-corrected chi connectivity index (χ2v) is 5.50. The molecule has 0 saturated heterocycles. The average molecular weight is 294 g/mol. The van der Waals surface area contributed by atoms with Crippen molar-refractivity contribution >= 4 is 11.8 Å². The lowest BCUT2D eigenvalue weighted by Gasteiger charge is -2.23. The molecule has 0 spiro atoms. The number of hydrogen-bond acceptors (Lipinski definition) is 4. The maximum absolute atomic E-state index is 12.3. The average Bonchev–Trinajstić information content (AvgIpc) is 3.13. The molecule has 2 unspecified atom stereocenters. The predicted octanol–water partition coefficient (Wildman–Crippen LogP) is 1.12. The van der Waals surface area contributed by atoms with Gasteiger partial charge in [0.05, 0.1) is 12.8 Å². The minimum Gasteiger partial charge on any atom is -0.467 e. The third-order valence-electron chi connectivity index (χ3n) is 3.85. The van der Waals surface area contributed by atoms with Crippen LogP contribution in [0.1, 0.15) is 44.5 Å². The zero-order valence-electron chi connectivity index (χ0n) is 12.2. The van der Waals surface area contributed by atoms with Gasteiger partial charge >= 0.3 is 0 Å². The minimum atomic E-state index is -0.884. The summed E-state index contributed by atoms with van der Waals surface area (Å²) in [7, 11) is 0. The number of carbonyl (C=O) groups excluding carboxylic acids is 2. The summed E-state index contributed by atoms with van der Waals surface area (Å²) >= 11 is 0. The van der Waals surface area contributed by atoms with Crippen LogP contribution in [0.15, 0.2) is 22.8 Å². The number of nitrogens with one attached hydrogen (secondary N) is 2. The second-order valence-electron chi connectivity index (χ2n) is 5.50. The predicted molar refractivity (Wildman–Crippen MR) is 76.2 cm³/mol. The number of furan rings is 1. The van der Waals surface area contributed by atoms with E-state index in [4.69, 9.17) is 4.42 Å². The molecule has 0 aliphatic heterocycles. The van der Waals surface area contributed by atoms with Crippen molar-refractivity contribution in [3.63, 3.8) is 0 Å². The third kappa shape index (κ3) is 4.32. The Morgan fingerprint density at radius 3 is 2.71 bits per heavy atom. The summed E-state index contributed by atoms with van der Waals surface area (Å²) in [5.74, 6) is 0.123. The van der Waals surface area contributed by atoms with Crippen LogP contribution in [-0.4, -0.2) is 29.5 Å². The van der Waals surface area contributed by atoms with Gasteiger partial charge in [-0.1, -0.05) is 12.8 Å². The Hall–Kier alpha value is -1.82. The maximum atomic E-state index is 12.3. The quantitative estimate of drug-likeness (QED) is 0.733. The molecule has 2 amide bonds. The summed E-state index contributed by atoms with van der Waals surface area (Å²) in [4.78, 5) is 23.6. The van der Waals surface area contributed by atoms with Crippen molar-refractivity contribution in [2.75, 3.05) is 6.54 Å². The highest BCUT2D eigenvalue weighted by Crippen LogP contribution is 2.28. The standard InChI is InChI=1S/C15H22N2O4/c1-10(18)17-14(11-5-2-3-6-11)15(20)16-9-12(19)13-7-4-8-21-13/h4,7-8,11-12,14,19H,2-3,5-6,9H2,1H3,(H,16,20)(H,17,18). The topological polar surface area (TPSA) is 91.6 Å². The second kappa shape index (κ2) is 7.26. The van der Waals surface area contributed by atoms with Gasteiger partial charge in [-0.05, 0) is 30.9 Å². The van der Waals surface area contributed by atoms with E-state index in [1.165, 1.54) is 13.2 Å². The first-order chi connectivity index (χ1) is 10.1. The summed E-state index contributed by atoms with van der Waals surface area (Å²) in [6.45, 7) is 1.47. The molecule has 1 aromatic rings. The monoisotopic (exact) mass is 294 g/mol. The number of carbonyl (C=O) groups is 2. The Labute approximate surface area is 123 Å². The Bertz CT molecular complexity index is 466. The summed E-state index contributed by atoms with van der Waals surface area (Å²) < 4.78 is 5.08. The van der Waals surface area contributed by atoms with Gasteiger partial charge in [0.2, 0.25) is 11.8 Å². The van der Waals surface area contributed by atoms with Crippen molar-refractivity contribution in [2.24, 2.45) is 5.92 Å². The van der Waals surface area contributed by atoms with Crippen LogP contribution in [0.4, 0.5) is 0 Å². The first kappa shape index (κ1) is 15.6. The molecule has 3 N–H and O–H groups in total. The number of rotatable bonds is 6. The molecule has 1 aromatic heterocycles. The summed E-state index contributed by atoms with van der Waals surface area (Å²) in [5.41, 5.74) is 0. The van der Waals surface area contributed by atoms with Crippen molar-refractivity contribution in [1.29, 1.82) is 0 Å². The molecule has 1 aliphatic rings. The first-order valence-corrected chi connectivity index (χ1v) is 7.34. The highest BCUT2D eigenvalue weighted by Gasteiger charge is 2.31. The molecule has 0 aromatic carbocycles. The molecule has 0 bridgehead atoms. The number of amides is 2. The summed E-state index contributed by atoms with van der Waals surface area (Å²) in [6.07, 6.45) is 4.65. The Kier molecular flexibility index (Phi) is 5.38. The van der Waals surface area contributed by atoms with Crippen LogP contribution in [-0.2, 0) is 9.59 Å². The normalized spacial score (nSPS) is 18.2. The number of aliphatic hydroxyl groups is 1. The van der Waals surface area contributed by atoms with Gasteiger partial charge in [0, 0.05) is 6.92 Å². The molecule has 1 saturated carbocycles. The van der Waals surface area contributed by atoms with E-state index in [9.17, 15) is 14.7 Å². The van der Waals surface area contributed by atoms with Crippen LogP contribution in [0.5, 0.6) is 0 Å². The van der Waals surface area contributed by atoms with Crippen molar-refractivity contribution in [3.05, 3.63) is 24.2 Å². The van der Waals surface area contributed by atoms with Crippen LogP contribution in [0, 0.1) is 5.92 Å². The van der Waals surface area contributed by atoms with Gasteiger partial charge in [0.25, 0.3) is 0 Å². The molecule has 1 aliphatic carbocycles. The molecule has 2 rings (SSSR count). The lowest BCUT2D eigenvalue weighted by molar-refractivity contribution is -0.129. The molecule has 21 heavy (non-hydrogen) atoms. The van der Waals surface area contributed by atoms with E-state index in [1.54, 1.807) is 12.1 Å². The Morgan fingerprint density at radius 2 is 2.14 bits per heavy atom. The minimum absolute atomic E-state index is 0.0646. The number of aliphatic hydroxyl groups excluding tert-OH is 1. The van der Waals surface area contributed by atoms with Gasteiger partial charge in [-0.2, -0.15) is 0 Å². The van der Waals surface area contributed by atoms with E-state index in [0.717, 1.165) is 25.7 Å². The van der Waals surface area contributed by atoms with Gasteiger partial charge in [0.1, 0.15) is 17.9 Å². The molecule has 116 valence electrons. The zero-order valence-corrected chi connectivity index (χ0v) is 12.2. The smallest absolute Gasteiger partial charge is 0.242 e. The van der Waals surface area contributed by atoms with Crippen molar-refractivity contribution in [2.45, 2.75) is 44.8 Å². The molecular weight excluding hydrogens is 272 g/mol. The van der Waals surface area contributed by atoms with E-state index in [2.05, 4.69) is 10.6 Å². The van der Waals surface area contributed by atoms with Gasteiger partial charge in [-0.15, -0.1) is 0 Å². The molecule has 2 atom stereocenters. The van der Waals surface area contributed by atoms with Gasteiger partial charge in [-0.3, -0.25) is 9.59 Å². The van der Waals surface area contributed by atoms with E-state index in [-0.39, 0.29) is 24.3 Å². The Balaban J connectivity index is 1.90. The molecule has 6 nitrogen and oxygen atoms in total. The molecular formula is C15H22N2O4. The van der Waals surface area contributed by atoms with E-state index in [1.807, 2.05) is 0 Å². The van der Waals surface area contributed by atoms with Crippen LogP contribution < -0.4 is 10.6 Å². The lowest BCUT2D eigenvalue weighted by Crippen LogP contribution is -2.50. The zero-order chi connectivity index (χ0) is 15.2. The third-order valence-corrected chi connectivity index (χ3v) is 3.85. The van der Waals surface area contributed by atoms with Crippen LogP contribution >= 0.6 is 0 Å². The largest absolute Gasteiger partial charge is 0.467 e. The molecule has 1 heterocycles. The molecule has 6 heteroatoms. The number of hydrogen-bond donors (Lipinski definition) is 3. The van der Waals surface area contributed by atoms with Gasteiger partial charge < -0.3 is 20.2 Å². The fourth-order valence-corrected chi connectivity index (χ4v) is 2.80. The fraction of sp³-hybridized carbons (Fsp3) is 0.600.